The van der Waals surface area contributed by atoms with E-state index in [0.717, 1.165) is 12.1 Å². The summed E-state index contributed by atoms with van der Waals surface area (Å²) >= 11 is 0. The quantitative estimate of drug-likeness (QED) is 0.551. The van der Waals surface area contributed by atoms with Crippen molar-refractivity contribution in [3.8, 4) is 0 Å². The number of alkyl halides is 3. The second kappa shape index (κ2) is 4.00. The van der Waals surface area contributed by atoms with Gasteiger partial charge in [0.05, 0.1) is 11.1 Å². The first kappa shape index (κ1) is 11.7. The molecule has 0 spiro atoms. The summed E-state index contributed by atoms with van der Waals surface area (Å²) in [7, 11) is 0. The van der Waals surface area contributed by atoms with Gasteiger partial charge in [-0.2, -0.15) is 17.6 Å². The molecule has 0 bridgehead atoms. The Morgan fingerprint density at radius 2 is 1.87 bits per heavy atom. The summed E-state index contributed by atoms with van der Waals surface area (Å²) in [5, 5.41) is 0. The summed E-state index contributed by atoms with van der Waals surface area (Å²) in [6.45, 7) is 1.63. The van der Waals surface area contributed by atoms with Gasteiger partial charge < -0.3 is 0 Å². The zero-order chi connectivity index (χ0) is 11.6. The average molecular weight is 220 g/mol. The first-order valence-corrected chi connectivity index (χ1v) is 4.25. The van der Waals surface area contributed by atoms with Gasteiger partial charge in [0.25, 0.3) is 0 Å². The zero-order valence-electron chi connectivity index (χ0n) is 7.86. The Hall–Kier alpha value is -1.39. The van der Waals surface area contributed by atoms with Crippen molar-refractivity contribution in [2.24, 2.45) is 0 Å². The number of aryl methyl sites for hydroxylation is 1. The maximum Gasteiger partial charge on any atom is 0.416 e. The van der Waals surface area contributed by atoms with E-state index in [9.17, 15) is 22.4 Å². The molecule has 1 nitrogen and oxygen atoms in total. The van der Waals surface area contributed by atoms with Crippen LogP contribution in [0, 0.1) is 0 Å². The van der Waals surface area contributed by atoms with Crippen LogP contribution in [0.2, 0.25) is 0 Å². The molecule has 0 unspecified atom stereocenters. The zero-order valence-corrected chi connectivity index (χ0v) is 7.86. The first-order chi connectivity index (χ1) is 6.84. The molecule has 0 atom stereocenters. The third kappa shape index (κ3) is 2.78. The number of hydrogen-bond donors (Lipinski definition) is 0. The van der Waals surface area contributed by atoms with E-state index < -0.39 is 23.3 Å². The summed E-state index contributed by atoms with van der Waals surface area (Å²) < 4.78 is 49.3. The van der Waals surface area contributed by atoms with Crippen molar-refractivity contribution in [3.05, 3.63) is 34.9 Å². The van der Waals surface area contributed by atoms with Gasteiger partial charge in [0.1, 0.15) is 0 Å². The smallest absolute Gasteiger partial charge is 0.255 e. The van der Waals surface area contributed by atoms with Crippen molar-refractivity contribution in [3.63, 3.8) is 0 Å². The molecule has 82 valence electrons. The number of rotatable bonds is 2. The van der Waals surface area contributed by atoms with Crippen LogP contribution in [-0.4, -0.2) is 6.04 Å². The standard InChI is InChI=1S/C10H8F4O/c1-2-6-3-7(9(11)15)5-8(4-6)10(12,13)14/h3-5H,2H2,1H3. The number of halogens is 4. The fraction of sp³-hybridized carbons (Fsp3) is 0.300. The molecule has 0 heterocycles. The molecule has 15 heavy (non-hydrogen) atoms. The minimum Gasteiger partial charge on any atom is -0.255 e. The topological polar surface area (TPSA) is 17.1 Å². The molecule has 0 aromatic heterocycles. The van der Waals surface area contributed by atoms with Gasteiger partial charge in [0.15, 0.2) is 0 Å². The Morgan fingerprint density at radius 1 is 1.27 bits per heavy atom. The van der Waals surface area contributed by atoms with Crippen LogP contribution in [0.3, 0.4) is 0 Å². The highest BCUT2D eigenvalue weighted by molar-refractivity contribution is 5.88. The fourth-order valence-electron chi connectivity index (χ4n) is 1.17. The highest BCUT2D eigenvalue weighted by Gasteiger charge is 2.31. The Bertz CT molecular complexity index is 381. The van der Waals surface area contributed by atoms with E-state index in [-0.39, 0.29) is 5.56 Å². The summed E-state index contributed by atoms with van der Waals surface area (Å²) in [6.07, 6.45) is -4.25. The lowest BCUT2D eigenvalue weighted by molar-refractivity contribution is -0.137. The van der Waals surface area contributed by atoms with Crippen molar-refractivity contribution in [2.45, 2.75) is 19.5 Å². The SMILES string of the molecule is CCc1cc(C(=O)F)cc(C(F)(F)F)c1. The molecule has 0 fully saturated rings. The van der Waals surface area contributed by atoms with Crippen molar-refractivity contribution < 1.29 is 22.4 Å². The van der Waals surface area contributed by atoms with Crippen molar-refractivity contribution in [2.75, 3.05) is 0 Å². The molecule has 1 rings (SSSR count). The van der Waals surface area contributed by atoms with Crippen LogP contribution >= 0.6 is 0 Å². The average Bonchev–Trinajstić information content (AvgIpc) is 2.15. The van der Waals surface area contributed by atoms with E-state index in [1.807, 2.05) is 0 Å². The molecule has 0 aliphatic rings. The fourth-order valence-corrected chi connectivity index (χ4v) is 1.17. The van der Waals surface area contributed by atoms with Gasteiger partial charge in [-0.05, 0) is 30.2 Å². The van der Waals surface area contributed by atoms with Gasteiger partial charge in [-0.15, -0.1) is 0 Å². The molecule has 0 saturated heterocycles. The molecule has 1 aromatic rings. The van der Waals surface area contributed by atoms with Gasteiger partial charge in [-0.1, -0.05) is 6.92 Å². The largest absolute Gasteiger partial charge is 0.416 e. The summed E-state index contributed by atoms with van der Waals surface area (Å²) in [4.78, 5) is 10.4. The summed E-state index contributed by atoms with van der Waals surface area (Å²) in [6, 6.07) is 0.696. The van der Waals surface area contributed by atoms with Gasteiger partial charge in [-0.25, -0.2) is 0 Å². The van der Waals surface area contributed by atoms with Gasteiger partial charge >= 0.3 is 12.2 Å². The van der Waals surface area contributed by atoms with E-state index in [4.69, 9.17) is 0 Å². The highest BCUT2D eigenvalue weighted by Crippen LogP contribution is 2.31. The van der Waals surface area contributed by atoms with Gasteiger partial charge in [0, 0.05) is 0 Å². The molecule has 0 amide bonds. The lowest BCUT2D eigenvalue weighted by atomic mass is 10.0. The van der Waals surface area contributed by atoms with Crippen molar-refractivity contribution >= 4 is 6.04 Å². The summed E-state index contributed by atoms with van der Waals surface area (Å²) in [5.41, 5.74) is -1.27. The highest BCUT2D eigenvalue weighted by atomic mass is 19.4. The lowest BCUT2D eigenvalue weighted by Crippen LogP contribution is -2.07. The predicted octanol–water partition coefficient (Wildman–Crippen LogP) is 3.38. The maximum atomic E-state index is 12.3. The number of carbonyl (C=O) groups is 1. The van der Waals surface area contributed by atoms with Gasteiger partial charge in [-0.3, -0.25) is 4.79 Å². The van der Waals surface area contributed by atoms with E-state index in [2.05, 4.69) is 0 Å². The molecule has 0 aliphatic carbocycles. The number of carbonyl (C=O) groups excluding carboxylic acids is 1. The van der Waals surface area contributed by atoms with Crippen molar-refractivity contribution in [1.82, 2.24) is 0 Å². The van der Waals surface area contributed by atoms with E-state index in [1.54, 1.807) is 6.92 Å². The van der Waals surface area contributed by atoms with Crippen LogP contribution in [-0.2, 0) is 12.6 Å². The predicted molar refractivity (Wildman–Crippen MR) is 46.3 cm³/mol. The van der Waals surface area contributed by atoms with E-state index in [0.29, 0.717) is 12.5 Å². The molecular weight excluding hydrogens is 212 g/mol. The van der Waals surface area contributed by atoms with Crippen LogP contribution in [0.5, 0.6) is 0 Å². The lowest BCUT2D eigenvalue weighted by Gasteiger charge is -2.09. The van der Waals surface area contributed by atoms with Crippen LogP contribution in [0.15, 0.2) is 18.2 Å². The van der Waals surface area contributed by atoms with Gasteiger partial charge in [0.2, 0.25) is 0 Å². The molecule has 5 heteroatoms. The summed E-state index contributed by atoms with van der Waals surface area (Å²) in [5.74, 6) is 0. The Labute approximate surface area is 83.7 Å². The number of benzene rings is 1. The van der Waals surface area contributed by atoms with Crippen molar-refractivity contribution in [1.29, 1.82) is 0 Å². The molecular formula is C10H8F4O. The van der Waals surface area contributed by atoms with E-state index >= 15 is 0 Å². The van der Waals surface area contributed by atoms with Crippen LogP contribution in [0.25, 0.3) is 0 Å². The van der Waals surface area contributed by atoms with Crippen LogP contribution in [0.4, 0.5) is 17.6 Å². The van der Waals surface area contributed by atoms with E-state index in [1.165, 1.54) is 0 Å². The second-order valence-corrected chi connectivity index (χ2v) is 3.04. The maximum absolute atomic E-state index is 12.3. The Balaban J connectivity index is 3.30. The minimum absolute atomic E-state index is 0.283. The van der Waals surface area contributed by atoms with Crippen LogP contribution in [0.1, 0.15) is 28.4 Å². The second-order valence-electron chi connectivity index (χ2n) is 3.04. The minimum atomic E-state index is -4.56. The Morgan fingerprint density at radius 3 is 2.27 bits per heavy atom. The molecule has 0 saturated carbocycles. The number of hydrogen-bond acceptors (Lipinski definition) is 1. The normalized spacial score (nSPS) is 11.5. The third-order valence-corrected chi connectivity index (χ3v) is 1.96. The first-order valence-electron chi connectivity index (χ1n) is 4.25. The monoisotopic (exact) mass is 220 g/mol. The molecule has 0 aliphatic heterocycles. The van der Waals surface area contributed by atoms with Crippen LogP contribution < -0.4 is 0 Å². The third-order valence-electron chi connectivity index (χ3n) is 1.96. The molecule has 1 aromatic carbocycles. The Kier molecular flexibility index (Phi) is 3.12. The molecule has 0 radical (unpaired) electrons. The molecule has 0 N–H and O–H groups in total.